The maximum Gasteiger partial charge on any atom is 0.272 e. The predicted molar refractivity (Wildman–Crippen MR) is 62.3 cm³/mol. The maximum atomic E-state index is 11.6. The average Bonchev–Trinajstić information content (AvgIpc) is 2.81. The first-order chi connectivity index (χ1) is 7.77. The van der Waals surface area contributed by atoms with E-state index in [0.717, 1.165) is 17.3 Å². The highest BCUT2D eigenvalue weighted by Crippen LogP contribution is 2.06. The Kier molecular flexibility index (Phi) is 3.26. The van der Waals surface area contributed by atoms with Crippen LogP contribution in [0.2, 0.25) is 0 Å². The van der Waals surface area contributed by atoms with Crippen molar-refractivity contribution in [2.75, 3.05) is 0 Å². The second-order valence-electron chi connectivity index (χ2n) is 3.40. The minimum absolute atomic E-state index is 0.183. The number of carbonyl (C=O) groups is 1. The lowest BCUT2D eigenvalue weighted by Crippen LogP contribution is -2.23. The minimum atomic E-state index is -0.183. The van der Waals surface area contributed by atoms with Crippen LogP contribution < -0.4 is 5.32 Å². The van der Waals surface area contributed by atoms with E-state index in [1.807, 2.05) is 31.2 Å². The number of carbonyl (C=O) groups excluding carboxylic acids is 1. The zero-order valence-electron chi connectivity index (χ0n) is 8.80. The second-order valence-corrected chi connectivity index (χ2v) is 3.96. The molecule has 0 saturated heterocycles. The summed E-state index contributed by atoms with van der Waals surface area (Å²) < 4.78 is 7.65. The lowest BCUT2D eigenvalue weighted by Gasteiger charge is -2.05. The molecule has 0 aliphatic rings. The van der Waals surface area contributed by atoms with Crippen LogP contribution in [0.15, 0.2) is 30.5 Å². The molecule has 0 aliphatic carbocycles. The van der Waals surface area contributed by atoms with Crippen molar-refractivity contribution in [3.8, 4) is 0 Å². The van der Waals surface area contributed by atoms with Crippen molar-refractivity contribution in [2.24, 2.45) is 0 Å². The Morgan fingerprint density at radius 1 is 1.44 bits per heavy atom. The van der Waals surface area contributed by atoms with Crippen molar-refractivity contribution in [2.45, 2.75) is 13.5 Å². The number of aromatic nitrogens is 2. The van der Waals surface area contributed by atoms with Crippen LogP contribution in [0.1, 0.15) is 21.6 Å². The normalized spacial score (nSPS) is 10.1. The molecule has 0 bridgehead atoms. The summed E-state index contributed by atoms with van der Waals surface area (Å²) in [5, 5.41) is 2.81. The quantitative estimate of drug-likeness (QED) is 0.879. The minimum Gasteiger partial charge on any atom is -0.347 e. The highest BCUT2D eigenvalue weighted by molar-refractivity contribution is 6.99. The molecule has 1 N–H and O–H groups in total. The Morgan fingerprint density at radius 3 is 2.94 bits per heavy atom. The molecule has 0 aliphatic heterocycles. The van der Waals surface area contributed by atoms with Gasteiger partial charge in [-0.1, -0.05) is 24.3 Å². The zero-order valence-corrected chi connectivity index (χ0v) is 9.62. The molecule has 82 valence electrons. The van der Waals surface area contributed by atoms with Gasteiger partial charge in [-0.2, -0.15) is 8.75 Å². The van der Waals surface area contributed by atoms with Gasteiger partial charge >= 0.3 is 0 Å². The summed E-state index contributed by atoms with van der Waals surface area (Å²) in [7, 11) is 0. The Hall–Kier alpha value is -1.75. The number of nitrogens with one attached hydrogen (secondary N) is 1. The third-order valence-corrected chi connectivity index (χ3v) is 2.77. The Labute approximate surface area is 97.7 Å². The smallest absolute Gasteiger partial charge is 0.272 e. The molecule has 0 atom stereocenters. The maximum absolute atomic E-state index is 11.6. The molecule has 5 heteroatoms. The van der Waals surface area contributed by atoms with Gasteiger partial charge in [0.05, 0.1) is 17.9 Å². The molecular formula is C11H11N3OS. The van der Waals surface area contributed by atoms with Crippen LogP contribution in [0, 0.1) is 6.92 Å². The largest absolute Gasteiger partial charge is 0.347 e. The summed E-state index contributed by atoms with van der Waals surface area (Å²) >= 11 is 1.03. The second kappa shape index (κ2) is 4.85. The van der Waals surface area contributed by atoms with Crippen molar-refractivity contribution < 1.29 is 4.79 Å². The SMILES string of the molecule is Cc1ccccc1CNC(=O)c1cnsn1. The molecule has 2 rings (SSSR count). The summed E-state index contributed by atoms with van der Waals surface area (Å²) in [6.45, 7) is 2.54. The van der Waals surface area contributed by atoms with Crippen molar-refractivity contribution in [3.63, 3.8) is 0 Å². The Balaban J connectivity index is 1.98. The van der Waals surface area contributed by atoms with E-state index in [2.05, 4.69) is 14.1 Å². The van der Waals surface area contributed by atoms with Crippen LogP contribution in [0.3, 0.4) is 0 Å². The molecule has 0 unspecified atom stereocenters. The number of hydrogen-bond donors (Lipinski definition) is 1. The van der Waals surface area contributed by atoms with Crippen LogP contribution in [-0.4, -0.2) is 14.7 Å². The van der Waals surface area contributed by atoms with Gasteiger partial charge in [0, 0.05) is 6.54 Å². The summed E-state index contributed by atoms with van der Waals surface area (Å²) in [6.07, 6.45) is 1.47. The van der Waals surface area contributed by atoms with Gasteiger partial charge in [0.25, 0.3) is 5.91 Å². The molecule has 1 heterocycles. The van der Waals surface area contributed by atoms with Crippen LogP contribution in [0.25, 0.3) is 0 Å². The molecule has 0 spiro atoms. The van der Waals surface area contributed by atoms with Crippen LogP contribution in [0.5, 0.6) is 0 Å². The third kappa shape index (κ3) is 2.43. The first-order valence-electron chi connectivity index (χ1n) is 4.87. The van der Waals surface area contributed by atoms with Gasteiger partial charge in [0.2, 0.25) is 0 Å². The van der Waals surface area contributed by atoms with Crippen LogP contribution in [0.4, 0.5) is 0 Å². The van der Waals surface area contributed by atoms with Gasteiger partial charge in [-0.05, 0) is 18.1 Å². The van der Waals surface area contributed by atoms with Crippen molar-refractivity contribution in [1.82, 2.24) is 14.1 Å². The van der Waals surface area contributed by atoms with Crippen molar-refractivity contribution >= 4 is 17.6 Å². The van der Waals surface area contributed by atoms with Crippen LogP contribution >= 0.6 is 11.7 Å². The number of nitrogens with zero attached hydrogens (tertiary/aromatic N) is 2. The summed E-state index contributed by atoms with van der Waals surface area (Å²) in [5.74, 6) is -0.183. The molecule has 1 amide bonds. The lowest BCUT2D eigenvalue weighted by atomic mass is 10.1. The third-order valence-electron chi connectivity index (χ3n) is 2.29. The number of aryl methyl sites for hydroxylation is 1. The van der Waals surface area contributed by atoms with E-state index in [1.165, 1.54) is 11.8 Å². The van der Waals surface area contributed by atoms with Gasteiger partial charge in [0.1, 0.15) is 0 Å². The van der Waals surface area contributed by atoms with Crippen molar-refractivity contribution in [3.05, 3.63) is 47.3 Å². The molecule has 16 heavy (non-hydrogen) atoms. The number of hydrogen-bond acceptors (Lipinski definition) is 4. The lowest BCUT2D eigenvalue weighted by molar-refractivity contribution is 0.0947. The van der Waals surface area contributed by atoms with Gasteiger partial charge in [0.15, 0.2) is 5.69 Å². The van der Waals surface area contributed by atoms with E-state index in [0.29, 0.717) is 12.2 Å². The van der Waals surface area contributed by atoms with E-state index in [-0.39, 0.29) is 5.91 Å². The Bertz CT molecular complexity index is 482. The fraction of sp³-hybridized carbons (Fsp3) is 0.182. The highest BCUT2D eigenvalue weighted by Gasteiger charge is 2.08. The summed E-state index contributed by atoms with van der Waals surface area (Å²) in [4.78, 5) is 11.6. The van der Waals surface area contributed by atoms with Crippen LogP contribution in [-0.2, 0) is 6.54 Å². The molecule has 1 aromatic heterocycles. The summed E-state index contributed by atoms with van der Waals surface area (Å²) in [5.41, 5.74) is 2.65. The molecule has 2 aromatic rings. The fourth-order valence-corrected chi connectivity index (χ4v) is 1.75. The van der Waals surface area contributed by atoms with E-state index in [4.69, 9.17) is 0 Å². The topological polar surface area (TPSA) is 54.9 Å². The zero-order chi connectivity index (χ0) is 11.4. The Morgan fingerprint density at radius 2 is 2.25 bits per heavy atom. The standard InChI is InChI=1S/C11H11N3OS/c1-8-4-2-3-5-9(8)6-12-11(15)10-7-13-16-14-10/h2-5,7H,6H2,1H3,(H,12,15). The molecule has 0 fully saturated rings. The van der Waals surface area contributed by atoms with Gasteiger partial charge in [-0.3, -0.25) is 4.79 Å². The number of benzene rings is 1. The molecule has 4 nitrogen and oxygen atoms in total. The monoisotopic (exact) mass is 233 g/mol. The van der Waals surface area contributed by atoms with Gasteiger partial charge in [-0.15, -0.1) is 0 Å². The molecular weight excluding hydrogens is 222 g/mol. The highest BCUT2D eigenvalue weighted by atomic mass is 32.1. The van der Waals surface area contributed by atoms with Gasteiger partial charge < -0.3 is 5.32 Å². The average molecular weight is 233 g/mol. The first kappa shape index (κ1) is 10.8. The van der Waals surface area contributed by atoms with Gasteiger partial charge in [-0.25, -0.2) is 0 Å². The fourth-order valence-electron chi connectivity index (χ4n) is 1.34. The summed E-state index contributed by atoms with van der Waals surface area (Å²) in [6, 6.07) is 7.95. The number of rotatable bonds is 3. The van der Waals surface area contributed by atoms with Crippen molar-refractivity contribution in [1.29, 1.82) is 0 Å². The van der Waals surface area contributed by atoms with E-state index < -0.39 is 0 Å². The number of amides is 1. The molecule has 1 aromatic carbocycles. The van der Waals surface area contributed by atoms with E-state index >= 15 is 0 Å². The van der Waals surface area contributed by atoms with E-state index in [9.17, 15) is 4.79 Å². The predicted octanol–water partition coefficient (Wildman–Crippen LogP) is 1.78. The molecule has 0 saturated carbocycles. The van der Waals surface area contributed by atoms with E-state index in [1.54, 1.807) is 0 Å². The first-order valence-corrected chi connectivity index (χ1v) is 5.60. The molecule has 0 radical (unpaired) electrons.